The lowest BCUT2D eigenvalue weighted by Crippen LogP contribution is -2.34. The molecule has 5 heteroatoms. The van der Waals surface area contributed by atoms with Crippen LogP contribution in [0.1, 0.15) is 41.0 Å². The number of hydrogen-bond acceptors (Lipinski definition) is 3. The lowest BCUT2D eigenvalue weighted by Gasteiger charge is -2.17. The standard InChI is InChI=1S/C16H19N3O2/c1-4-14(12-7-9-17-10-8-12)18-15(20)13-6-5-11(2)19(3)16(13)21/h5-10,14H,4H2,1-3H3,(H,18,20). The van der Waals surface area contributed by atoms with Crippen molar-refractivity contribution in [1.82, 2.24) is 14.9 Å². The second-order valence-electron chi connectivity index (χ2n) is 4.97. The van der Waals surface area contributed by atoms with Crippen LogP contribution in [-0.4, -0.2) is 15.5 Å². The van der Waals surface area contributed by atoms with E-state index in [4.69, 9.17) is 0 Å². The maximum Gasteiger partial charge on any atom is 0.263 e. The quantitative estimate of drug-likeness (QED) is 0.934. The fraction of sp³-hybridized carbons (Fsp3) is 0.312. The maximum absolute atomic E-state index is 12.3. The summed E-state index contributed by atoms with van der Waals surface area (Å²) in [5.41, 5.74) is 1.68. The van der Waals surface area contributed by atoms with Gasteiger partial charge in [-0.2, -0.15) is 0 Å². The average Bonchev–Trinajstić information content (AvgIpc) is 2.51. The second kappa shape index (κ2) is 6.35. The van der Waals surface area contributed by atoms with Crippen LogP contribution in [0.25, 0.3) is 0 Å². The third kappa shape index (κ3) is 3.18. The summed E-state index contributed by atoms with van der Waals surface area (Å²) in [6.07, 6.45) is 4.12. The Morgan fingerprint density at radius 3 is 2.57 bits per heavy atom. The smallest absolute Gasteiger partial charge is 0.263 e. The number of carbonyl (C=O) groups is 1. The van der Waals surface area contributed by atoms with Crippen molar-refractivity contribution in [1.29, 1.82) is 0 Å². The molecule has 0 spiro atoms. The minimum atomic E-state index is -0.348. The first kappa shape index (κ1) is 15.0. The first-order chi connectivity index (χ1) is 10.0. The van der Waals surface area contributed by atoms with E-state index in [9.17, 15) is 9.59 Å². The van der Waals surface area contributed by atoms with Crippen LogP contribution in [0.4, 0.5) is 0 Å². The van der Waals surface area contributed by atoms with Crippen LogP contribution >= 0.6 is 0 Å². The van der Waals surface area contributed by atoms with Crippen molar-refractivity contribution in [2.75, 3.05) is 0 Å². The average molecular weight is 285 g/mol. The molecule has 1 unspecified atom stereocenters. The Bertz CT molecular complexity index is 692. The fourth-order valence-corrected chi connectivity index (χ4v) is 2.15. The van der Waals surface area contributed by atoms with Gasteiger partial charge in [-0.05, 0) is 43.2 Å². The topological polar surface area (TPSA) is 64.0 Å². The monoisotopic (exact) mass is 285 g/mol. The normalized spacial score (nSPS) is 12.0. The molecule has 2 aromatic heterocycles. The molecule has 0 aliphatic carbocycles. The molecule has 0 fully saturated rings. The van der Waals surface area contributed by atoms with Crippen molar-refractivity contribution in [3.63, 3.8) is 0 Å². The minimum absolute atomic E-state index is 0.133. The van der Waals surface area contributed by atoms with Gasteiger partial charge in [-0.1, -0.05) is 6.92 Å². The largest absolute Gasteiger partial charge is 0.345 e. The van der Waals surface area contributed by atoms with Gasteiger partial charge in [0.1, 0.15) is 5.56 Å². The number of rotatable bonds is 4. The van der Waals surface area contributed by atoms with E-state index in [-0.39, 0.29) is 23.1 Å². The van der Waals surface area contributed by atoms with Crippen LogP contribution in [-0.2, 0) is 7.05 Å². The number of nitrogens with one attached hydrogen (secondary N) is 1. The van der Waals surface area contributed by atoms with E-state index in [0.29, 0.717) is 0 Å². The molecule has 2 aromatic rings. The van der Waals surface area contributed by atoms with E-state index >= 15 is 0 Å². The van der Waals surface area contributed by atoms with E-state index in [1.165, 1.54) is 4.57 Å². The minimum Gasteiger partial charge on any atom is -0.345 e. The molecule has 0 saturated carbocycles. The van der Waals surface area contributed by atoms with Crippen LogP contribution in [0.2, 0.25) is 0 Å². The van der Waals surface area contributed by atoms with E-state index in [0.717, 1.165) is 17.7 Å². The molecule has 110 valence electrons. The van der Waals surface area contributed by atoms with Crippen molar-refractivity contribution in [3.8, 4) is 0 Å². The van der Waals surface area contributed by atoms with Gasteiger partial charge in [0.15, 0.2) is 0 Å². The third-order valence-corrected chi connectivity index (χ3v) is 3.62. The molecule has 0 aliphatic heterocycles. The molecule has 1 amide bonds. The van der Waals surface area contributed by atoms with E-state index in [2.05, 4.69) is 10.3 Å². The fourth-order valence-electron chi connectivity index (χ4n) is 2.15. The van der Waals surface area contributed by atoms with Gasteiger partial charge in [0.05, 0.1) is 6.04 Å². The molecule has 0 aromatic carbocycles. The molecule has 1 atom stereocenters. The molecular weight excluding hydrogens is 266 g/mol. The predicted molar refractivity (Wildman–Crippen MR) is 81.2 cm³/mol. The number of carbonyl (C=O) groups excluding carboxylic acids is 1. The molecule has 1 N–H and O–H groups in total. The van der Waals surface area contributed by atoms with Crippen LogP contribution in [0.15, 0.2) is 41.5 Å². The van der Waals surface area contributed by atoms with Crippen LogP contribution < -0.4 is 10.9 Å². The predicted octanol–water partition coefficient (Wildman–Crippen LogP) is 1.97. The zero-order valence-electron chi connectivity index (χ0n) is 12.5. The summed E-state index contributed by atoms with van der Waals surface area (Å²) < 4.78 is 1.47. The third-order valence-electron chi connectivity index (χ3n) is 3.62. The highest BCUT2D eigenvalue weighted by Crippen LogP contribution is 2.15. The highest BCUT2D eigenvalue weighted by atomic mass is 16.2. The number of nitrogens with zero attached hydrogens (tertiary/aromatic N) is 2. The van der Waals surface area contributed by atoms with Gasteiger partial charge in [0.25, 0.3) is 11.5 Å². The zero-order valence-corrected chi connectivity index (χ0v) is 12.5. The molecule has 0 radical (unpaired) electrons. The van der Waals surface area contributed by atoms with Crippen molar-refractivity contribution < 1.29 is 4.79 Å². The summed E-state index contributed by atoms with van der Waals surface area (Å²) in [4.78, 5) is 28.4. The molecule has 0 saturated heterocycles. The van der Waals surface area contributed by atoms with Gasteiger partial charge in [0.2, 0.25) is 0 Å². The molecule has 0 aliphatic rings. The molecule has 2 rings (SSSR count). The summed E-state index contributed by atoms with van der Waals surface area (Å²) in [5.74, 6) is -0.348. The Morgan fingerprint density at radius 2 is 1.95 bits per heavy atom. The van der Waals surface area contributed by atoms with Gasteiger partial charge in [0, 0.05) is 25.1 Å². The van der Waals surface area contributed by atoms with E-state index in [1.54, 1.807) is 31.6 Å². The van der Waals surface area contributed by atoms with Gasteiger partial charge >= 0.3 is 0 Å². The second-order valence-corrected chi connectivity index (χ2v) is 4.97. The van der Waals surface area contributed by atoms with Crippen molar-refractivity contribution in [2.24, 2.45) is 7.05 Å². The lowest BCUT2D eigenvalue weighted by atomic mass is 10.1. The van der Waals surface area contributed by atoms with E-state index < -0.39 is 0 Å². The van der Waals surface area contributed by atoms with Gasteiger partial charge in [-0.15, -0.1) is 0 Å². The molecule has 0 bridgehead atoms. The number of aromatic nitrogens is 2. The van der Waals surface area contributed by atoms with Crippen LogP contribution in [0.5, 0.6) is 0 Å². The zero-order chi connectivity index (χ0) is 15.4. The van der Waals surface area contributed by atoms with Crippen molar-refractivity contribution >= 4 is 5.91 Å². The summed E-state index contributed by atoms with van der Waals surface area (Å²) in [7, 11) is 1.66. The summed E-state index contributed by atoms with van der Waals surface area (Å²) in [5, 5.41) is 2.91. The maximum atomic E-state index is 12.3. The number of pyridine rings is 2. The van der Waals surface area contributed by atoms with Gasteiger partial charge < -0.3 is 9.88 Å². The SMILES string of the molecule is CCC(NC(=O)c1ccc(C)n(C)c1=O)c1ccncc1. The number of aryl methyl sites for hydroxylation is 1. The van der Waals surface area contributed by atoms with Gasteiger partial charge in [-0.3, -0.25) is 14.6 Å². The first-order valence-electron chi connectivity index (χ1n) is 6.92. The Labute approximate surface area is 123 Å². The summed E-state index contributed by atoms with van der Waals surface area (Å²) >= 11 is 0. The highest BCUT2D eigenvalue weighted by Gasteiger charge is 2.17. The summed E-state index contributed by atoms with van der Waals surface area (Å²) in [6.45, 7) is 3.81. The molecule has 5 nitrogen and oxygen atoms in total. The van der Waals surface area contributed by atoms with Crippen molar-refractivity contribution in [2.45, 2.75) is 26.3 Å². The first-order valence-corrected chi connectivity index (χ1v) is 6.92. The molecule has 21 heavy (non-hydrogen) atoms. The number of amides is 1. The van der Waals surface area contributed by atoms with Crippen LogP contribution in [0, 0.1) is 6.92 Å². The van der Waals surface area contributed by atoms with Crippen molar-refractivity contribution in [3.05, 3.63) is 63.8 Å². The molecule has 2 heterocycles. The highest BCUT2D eigenvalue weighted by molar-refractivity contribution is 5.94. The Morgan fingerprint density at radius 1 is 1.29 bits per heavy atom. The summed E-state index contributed by atoms with van der Waals surface area (Å²) in [6, 6.07) is 6.94. The number of hydrogen-bond donors (Lipinski definition) is 1. The van der Waals surface area contributed by atoms with Gasteiger partial charge in [-0.25, -0.2) is 0 Å². The Kier molecular flexibility index (Phi) is 4.52. The lowest BCUT2D eigenvalue weighted by molar-refractivity contribution is 0.0933. The Hall–Kier alpha value is -2.43. The van der Waals surface area contributed by atoms with E-state index in [1.807, 2.05) is 26.0 Å². The van der Waals surface area contributed by atoms with Crippen LogP contribution in [0.3, 0.4) is 0 Å². The Balaban J connectivity index is 2.25. The molecular formula is C16H19N3O2.